The number of aromatic amines is 1. The Labute approximate surface area is 72.9 Å². The van der Waals surface area contributed by atoms with Crippen LogP contribution in [0.2, 0.25) is 0 Å². The van der Waals surface area contributed by atoms with E-state index in [2.05, 4.69) is 15.0 Å². The first kappa shape index (κ1) is 7.45. The molecule has 2 aromatic heterocycles. The van der Waals surface area contributed by atoms with Crippen molar-refractivity contribution < 1.29 is 5.11 Å². The summed E-state index contributed by atoms with van der Waals surface area (Å²) in [6.45, 7) is 0.0401. The third-order valence-corrected chi connectivity index (χ3v) is 2.40. The van der Waals surface area contributed by atoms with Crippen molar-refractivity contribution in [3.8, 4) is 10.8 Å². The highest BCUT2D eigenvalue weighted by molar-refractivity contribution is 7.14. The van der Waals surface area contributed by atoms with Gasteiger partial charge < -0.3 is 10.1 Å². The Balaban J connectivity index is 2.35. The number of hydrogen-bond acceptors (Lipinski definition) is 4. The molecule has 0 radical (unpaired) electrons. The fourth-order valence-electron chi connectivity index (χ4n) is 0.872. The van der Waals surface area contributed by atoms with Crippen molar-refractivity contribution in [3.05, 3.63) is 23.5 Å². The van der Waals surface area contributed by atoms with Gasteiger partial charge in [-0.15, -0.1) is 11.3 Å². The van der Waals surface area contributed by atoms with Crippen LogP contribution in [0.15, 0.2) is 18.6 Å². The zero-order chi connectivity index (χ0) is 8.39. The lowest BCUT2D eigenvalue weighted by molar-refractivity contribution is 0.285. The fraction of sp³-hybridized carbons (Fsp3) is 0.143. The average Bonchev–Trinajstić information content (AvgIpc) is 2.75. The second kappa shape index (κ2) is 3.04. The molecule has 2 rings (SSSR count). The Morgan fingerprint density at radius 1 is 1.50 bits per heavy atom. The summed E-state index contributed by atoms with van der Waals surface area (Å²) in [7, 11) is 0. The molecular weight excluding hydrogens is 174 g/mol. The van der Waals surface area contributed by atoms with E-state index < -0.39 is 0 Å². The number of nitrogens with zero attached hydrogens (tertiary/aromatic N) is 2. The number of H-pyrrole nitrogens is 1. The molecule has 0 fully saturated rings. The largest absolute Gasteiger partial charge is 0.391 e. The molecule has 0 atom stereocenters. The molecule has 0 unspecified atom stereocenters. The summed E-state index contributed by atoms with van der Waals surface area (Å²) < 4.78 is 0. The monoisotopic (exact) mass is 181 g/mol. The minimum Gasteiger partial charge on any atom is -0.391 e. The van der Waals surface area contributed by atoms with Crippen LogP contribution in [0.4, 0.5) is 0 Å². The normalized spacial score (nSPS) is 10.4. The lowest BCUT2D eigenvalue weighted by Gasteiger charge is -1.85. The predicted molar refractivity (Wildman–Crippen MR) is 45.6 cm³/mol. The molecule has 2 N–H and O–H groups in total. The Bertz CT molecular complexity index is 354. The maximum absolute atomic E-state index is 8.79. The molecule has 0 saturated carbocycles. The van der Waals surface area contributed by atoms with Crippen LogP contribution in [0.25, 0.3) is 10.8 Å². The highest BCUT2D eigenvalue weighted by Gasteiger charge is 2.04. The molecule has 2 aromatic rings. The van der Waals surface area contributed by atoms with Crippen molar-refractivity contribution in [2.45, 2.75) is 6.61 Å². The van der Waals surface area contributed by atoms with Crippen molar-refractivity contribution in [2.75, 3.05) is 0 Å². The van der Waals surface area contributed by atoms with E-state index in [0.717, 1.165) is 15.7 Å². The van der Waals surface area contributed by atoms with Gasteiger partial charge in [-0.05, 0) is 0 Å². The molecule has 0 amide bonds. The molecule has 4 nitrogen and oxygen atoms in total. The molecule has 0 aliphatic carbocycles. The Hall–Kier alpha value is -1.20. The second-order valence-corrected chi connectivity index (χ2v) is 3.34. The van der Waals surface area contributed by atoms with Crippen LogP contribution in [0.1, 0.15) is 4.88 Å². The zero-order valence-corrected chi connectivity index (χ0v) is 7.01. The van der Waals surface area contributed by atoms with Gasteiger partial charge >= 0.3 is 0 Å². The molecule has 12 heavy (non-hydrogen) atoms. The van der Waals surface area contributed by atoms with E-state index in [1.54, 1.807) is 18.6 Å². The molecule has 2 heterocycles. The van der Waals surface area contributed by atoms with Gasteiger partial charge in [-0.1, -0.05) is 0 Å². The smallest absolute Gasteiger partial charge is 0.166 e. The lowest BCUT2D eigenvalue weighted by Crippen LogP contribution is -1.75. The molecule has 0 saturated heterocycles. The van der Waals surface area contributed by atoms with Crippen LogP contribution in [0.5, 0.6) is 0 Å². The third-order valence-electron chi connectivity index (χ3n) is 1.41. The highest BCUT2D eigenvalue weighted by atomic mass is 32.1. The van der Waals surface area contributed by atoms with Gasteiger partial charge in [0, 0.05) is 18.6 Å². The van der Waals surface area contributed by atoms with Gasteiger partial charge in [0.25, 0.3) is 0 Å². The summed E-state index contributed by atoms with van der Waals surface area (Å²) >= 11 is 1.44. The number of imidazole rings is 1. The Kier molecular flexibility index (Phi) is 1.89. The minimum absolute atomic E-state index is 0.0401. The first-order chi connectivity index (χ1) is 5.90. The number of aromatic nitrogens is 3. The van der Waals surface area contributed by atoms with Crippen LogP contribution in [-0.2, 0) is 6.61 Å². The number of hydrogen-bond donors (Lipinski definition) is 2. The van der Waals surface area contributed by atoms with Crippen molar-refractivity contribution in [1.82, 2.24) is 15.0 Å². The van der Waals surface area contributed by atoms with Crippen molar-refractivity contribution in [1.29, 1.82) is 0 Å². The first-order valence-corrected chi connectivity index (χ1v) is 4.27. The Morgan fingerprint density at radius 2 is 2.42 bits per heavy atom. The Morgan fingerprint density at radius 3 is 3.00 bits per heavy atom. The highest BCUT2D eigenvalue weighted by Crippen LogP contribution is 2.21. The van der Waals surface area contributed by atoms with Gasteiger partial charge in [0.05, 0.1) is 11.5 Å². The topological polar surface area (TPSA) is 61.8 Å². The van der Waals surface area contributed by atoms with E-state index in [1.807, 2.05) is 0 Å². The summed E-state index contributed by atoms with van der Waals surface area (Å²) in [4.78, 5) is 11.9. The quantitative estimate of drug-likeness (QED) is 0.727. The van der Waals surface area contributed by atoms with E-state index in [-0.39, 0.29) is 6.61 Å². The van der Waals surface area contributed by atoms with Crippen molar-refractivity contribution in [3.63, 3.8) is 0 Å². The van der Waals surface area contributed by atoms with Crippen LogP contribution in [0.3, 0.4) is 0 Å². The van der Waals surface area contributed by atoms with Gasteiger partial charge in [0.2, 0.25) is 0 Å². The summed E-state index contributed by atoms with van der Waals surface area (Å²) in [6.07, 6.45) is 5.08. The van der Waals surface area contributed by atoms with E-state index >= 15 is 0 Å². The number of rotatable bonds is 2. The van der Waals surface area contributed by atoms with Gasteiger partial charge in [-0.3, -0.25) is 0 Å². The van der Waals surface area contributed by atoms with Crippen molar-refractivity contribution >= 4 is 11.3 Å². The zero-order valence-electron chi connectivity index (χ0n) is 6.19. The van der Waals surface area contributed by atoms with E-state index in [9.17, 15) is 0 Å². The number of aliphatic hydroxyl groups is 1. The van der Waals surface area contributed by atoms with Crippen molar-refractivity contribution in [2.24, 2.45) is 0 Å². The predicted octanol–water partition coefficient (Wildman–Crippen LogP) is 1.03. The molecule has 5 heteroatoms. The number of nitrogens with one attached hydrogen (secondary N) is 1. The van der Waals surface area contributed by atoms with Gasteiger partial charge in [-0.25, -0.2) is 9.97 Å². The minimum atomic E-state index is 0.0401. The summed E-state index contributed by atoms with van der Waals surface area (Å²) in [5, 5.41) is 9.60. The summed E-state index contributed by atoms with van der Waals surface area (Å²) in [6, 6.07) is 0. The van der Waals surface area contributed by atoms with Gasteiger partial charge in [0.15, 0.2) is 10.8 Å². The van der Waals surface area contributed by atoms with E-state index in [0.29, 0.717) is 0 Å². The van der Waals surface area contributed by atoms with E-state index in [1.165, 1.54) is 11.3 Å². The van der Waals surface area contributed by atoms with Crippen LogP contribution < -0.4 is 0 Å². The third kappa shape index (κ3) is 1.24. The molecular formula is C7H7N3OS. The fourth-order valence-corrected chi connectivity index (χ4v) is 1.60. The summed E-state index contributed by atoms with van der Waals surface area (Å²) in [5.41, 5.74) is 0. The molecule has 0 aromatic carbocycles. The molecule has 62 valence electrons. The average molecular weight is 181 g/mol. The molecule has 0 aliphatic rings. The standard InChI is InChI=1S/C7H7N3OS/c11-4-5-3-10-7(12-5)6-8-1-2-9-6/h1-3,11H,4H2,(H,8,9). The second-order valence-electron chi connectivity index (χ2n) is 2.23. The maximum atomic E-state index is 8.79. The first-order valence-electron chi connectivity index (χ1n) is 3.45. The number of thiazole rings is 1. The molecule has 0 aliphatic heterocycles. The van der Waals surface area contributed by atoms with Gasteiger partial charge in [0.1, 0.15) is 0 Å². The van der Waals surface area contributed by atoms with Gasteiger partial charge in [-0.2, -0.15) is 0 Å². The molecule has 0 bridgehead atoms. The van der Waals surface area contributed by atoms with E-state index in [4.69, 9.17) is 5.11 Å². The van der Waals surface area contributed by atoms with Crippen LogP contribution in [-0.4, -0.2) is 20.1 Å². The maximum Gasteiger partial charge on any atom is 0.166 e. The summed E-state index contributed by atoms with van der Waals surface area (Å²) in [5.74, 6) is 0.750. The van der Waals surface area contributed by atoms with Crippen LogP contribution >= 0.6 is 11.3 Å². The number of aliphatic hydroxyl groups excluding tert-OH is 1. The molecule has 0 spiro atoms. The van der Waals surface area contributed by atoms with Crippen LogP contribution in [0, 0.1) is 0 Å². The SMILES string of the molecule is OCc1cnc(-c2ncc[nH]2)s1. The lowest BCUT2D eigenvalue weighted by atomic mass is 10.6.